The average molecular weight is 347 g/mol. The Morgan fingerprint density at radius 2 is 1.83 bits per heavy atom. The molecule has 0 atom stereocenters. The minimum absolute atomic E-state index is 0.0348. The van der Waals surface area contributed by atoms with E-state index in [4.69, 9.17) is 0 Å². The first-order chi connectivity index (χ1) is 11.4. The number of nitrogens with zero attached hydrogens (tertiary/aromatic N) is 1. The third-order valence-corrected chi connectivity index (χ3v) is 4.84. The molecular formula is C18H25N3O2S. The SMILES string of the molecule is CC(C)CCNc1ccc(NS(=O)(=O)CCc2ccccc2)nc1. The highest BCUT2D eigenvalue weighted by molar-refractivity contribution is 7.92. The van der Waals surface area contributed by atoms with E-state index in [9.17, 15) is 8.42 Å². The van der Waals surface area contributed by atoms with Crippen molar-refractivity contribution in [1.82, 2.24) is 4.98 Å². The monoisotopic (exact) mass is 347 g/mol. The van der Waals surface area contributed by atoms with Gasteiger partial charge in [0.05, 0.1) is 17.6 Å². The van der Waals surface area contributed by atoms with Gasteiger partial charge in [0, 0.05) is 6.54 Å². The molecule has 0 saturated heterocycles. The molecule has 2 rings (SSSR count). The topological polar surface area (TPSA) is 71.1 Å². The van der Waals surface area contributed by atoms with Gasteiger partial charge in [0.2, 0.25) is 10.0 Å². The van der Waals surface area contributed by atoms with Crippen LogP contribution >= 0.6 is 0 Å². The number of nitrogens with one attached hydrogen (secondary N) is 2. The van der Waals surface area contributed by atoms with Crippen LogP contribution in [0.5, 0.6) is 0 Å². The normalized spacial score (nSPS) is 11.5. The van der Waals surface area contributed by atoms with Crippen LogP contribution in [0, 0.1) is 5.92 Å². The van der Waals surface area contributed by atoms with Crippen LogP contribution in [-0.4, -0.2) is 25.7 Å². The van der Waals surface area contributed by atoms with Gasteiger partial charge in [0.1, 0.15) is 5.82 Å². The largest absolute Gasteiger partial charge is 0.384 e. The summed E-state index contributed by atoms with van der Waals surface area (Å²) in [5.74, 6) is 1.02. The van der Waals surface area contributed by atoms with Crippen molar-refractivity contribution >= 4 is 21.5 Å². The van der Waals surface area contributed by atoms with E-state index in [0.29, 0.717) is 18.2 Å². The minimum Gasteiger partial charge on any atom is -0.384 e. The Hall–Kier alpha value is -2.08. The summed E-state index contributed by atoms with van der Waals surface area (Å²) in [6.45, 7) is 5.22. The minimum atomic E-state index is -3.41. The predicted octanol–water partition coefficient (Wildman–Crippen LogP) is 3.52. The van der Waals surface area contributed by atoms with E-state index in [2.05, 4.69) is 28.9 Å². The van der Waals surface area contributed by atoms with Crippen molar-refractivity contribution in [3.63, 3.8) is 0 Å². The van der Waals surface area contributed by atoms with Gasteiger partial charge >= 0.3 is 0 Å². The van der Waals surface area contributed by atoms with Gasteiger partial charge in [0.15, 0.2) is 0 Å². The summed E-state index contributed by atoms with van der Waals surface area (Å²) in [7, 11) is -3.41. The van der Waals surface area contributed by atoms with Crippen LogP contribution in [0.1, 0.15) is 25.8 Å². The highest BCUT2D eigenvalue weighted by Gasteiger charge is 2.11. The summed E-state index contributed by atoms with van der Waals surface area (Å²) >= 11 is 0. The van der Waals surface area contributed by atoms with Gasteiger partial charge in [-0.2, -0.15) is 0 Å². The molecule has 1 heterocycles. The van der Waals surface area contributed by atoms with Crippen LogP contribution in [0.3, 0.4) is 0 Å². The molecule has 5 nitrogen and oxygen atoms in total. The lowest BCUT2D eigenvalue weighted by atomic mass is 10.1. The second kappa shape index (κ2) is 8.68. The van der Waals surface area contributed by atoms with Gasteiger partial charge in [-0.1, -0.05) is 44.2 Å². The van der Waals surface area contributed by atoms with Crippen molar-refractivity contribution in [2.45, 2.75) is 26.7 Å². The zero-order chi connectivity index (χ0) is 17.4. The standard InChI is InChI=1S/C18H25N3O2S/c1-15(2)10-12-19-17-8-9-18(20-14-17)21-24(22,23)13-11-16-6-4-3-5-7-16/h3-9,14-15,19H,10-13H2,1-2H3,(H,20,21). The maximum Gasteiger partial charge on any atom is 0.234 e. The van der Waals surface area contributed by atoms with Gasteiger partial charge in [-0.05, 0) is 36.5 Å². The molecule has 0 bridgehead atoms. The molecule has 1 aromatic heterocycles. The molecule has 0 aliphatic heterocycles. The quantitative estimate of drug-likeness (QED) is 0.728. The lowest BCUT2D eigenvalue weighted by molar-refractivity contribution is 0.600. The number of anilines is 2. The van der Waals surface area contributed by atoms with E-state index < -0.39 is 10.0 Å². The van der Waals surface area contributed by atoms with Crippen LogP contribution in [0.25, 0.3) is 0 Å². The maximum atomic E-state index is 12.1. The van der Waals surface area contributed by atoms with Gasteiger partial charge in [0.25, 0.3) is 0 Å². The summed E-state index contributed by atoms with van der Waals surface area (Å²) in [6.07, 6.45) is 3.20. The number of rotatable bonds is 9. The maximum absolute atomic E-state index is 12.1. The number of pyridine rings is 1. The molecule has 0 unspecified atom stereocenters. The summed E-state index contributed by atoms with van der Waals surface area (Å²) in [5, 5.41) is 3.27. The van der Waals surface area contributed by atoms with Crippen LogP contribution in [0.2, 0.25) is 0 Å². The Morgan fingerprint density at radius 3 is 2.46 bits per heavy atom. The average Bonchev–Trinajstić information content (AvgIpc) is 2.55. The van der Waals surface area contributed by atoms with Gasteiger partial charge in [-0.25, -0.2) is 13.4 Å². The van der Waals surface area contributed by atoms with E-state index in [1.165, 1.54) is 0 Å². The van der Waals surface area contributed by atoms with Crippen LogP contribution in [0.15, 0.2) is 48.7 Å². The van der Waals surface area contributed by atoms with Crippen molar-refractivity contribution in [2.75, 3.05) is 22.3 Å². The van der Waals surface area contributed by atoms with Crippen molar-refractivity contribution in [3.8, 4) is 0 Å². The first-order valence-corrected chi connectivity index (χ1v) is 9.84. The zero-order valence-electron chi connectivity index (χ0n) is 14.2. The fourth-order valence-electron chi connectivity index (χ4n) is 2.17. The Bertz CT molecular complexity index is 714. The second-order valence-electron chi connectivity index (χ2n) is 6.20. The van der Waals surface area contributed by atoms with E-state index in [0.717, 1.165) is 24.2 Å². The molecule has 0 aliphatic rings. The molecule has 24 heavy (non-hydrogen) atoms. The van der Waals surface area contributed by atoms with Crippen LogP contribution < -0.4 is 10.0 Å². The molecule has 0 saturated carbocycles. The van der Waals surface area contributed by atoms with E-state index in [1.807, 2.05) is 36.4 Å². The lowest BCUT2D eigenvalue weighted by Crippen LogP contribution is -2.19. The number of benzene rings is 1. The molecule has 130 valence electrons. The highest BCUT2D eigenvalue weighted by Crippen LogP contribution is 2.12. The molecule has 2 aromatic rings. The van der Waals surface area contributed by atoms with E-state index >= 15 is 0 Å². The number of hydrogen-bond acceptors (Lipinski definition) is 4. The van der Waals surface area contributed by atoms with Gasteiger partial charge < -0.3 is 5.32 Å². The molecule has 0 spiro atoms. The van der Waals surface area contributed by atoms with Crippen molar-refractivity contribution in [3.05, 3.63) is 54.2 Å². The summed E-state index contributed by atoms with van der Waals surface area (Å²) < 4.78 is 26.8. The van der Waals surface area contributed by atoms with Crippen LogP contribution in [-0.2, 0) is 16.4 Å². The third-order valence-electron chi connectivity index (χ3n) is 3.58. The predicted molar refractivity (Wildman–Crippen MR) is 99.7 cm³/mol. The Kier molecular flexibility index (Phi) is 6.61. The third kappa shape index (κ3) is 6.58. The number of sulfonamides is 1. The van der Waals surface area contributed by atoms with Crippen LogP contribution in [0.4, 0.5) is 11.5 Å². The Labute approximate surface area is 144 Å². The van der Waals surface area contributed by atoms with Crippen molar-refractivity contribution < 1.29 is 8.42 Å². The molecule has 6 heteroatoms. The Balaban J connectivity index is 1.85. The fraction of sp³-hybridized carbons (Fsp3) is 0.389. The van der Waals surface area contributed by atoms with Crippen molar-refractivity contribution in [1.29, 1.82) is 0 Å². The summed E-state index contributed by atoms with van der Waals surface area (Å²) in [5.41, 5.74) is 1.89. The fourth-order valence-corrected chi connectivity index (χ4v) is 3.22. The van der Waals surface area contributed by atoms with E-state index in [-0.39, 0.29) is 5.75 Å². The molecule has 0 radical (unpaired) electrons. The van der Waals surface area contributed by atoms with E-state index in [1.54, 1.807) is 12.3 Å². The first-order valence-electron chi connectivity index (χ1n) is 8.19. The number of aromatic nitrogens is 1. The Morgan fingerprint density at radius 1 is 1.08 bits per heavy atom. The molecule has 0 aliphatic carbocycles. The zero-order valence-corrected chi connectivity index (χ0v) is 15.0. The molecule has 0 fully saturated rings. The van der Waals surface area contributed by atoms with Gasteiger partial charge in [-0.3, -0.25) is 4.72 Å². The molecule has 0 amide bonds. The molecular weight excluding hydrogens is 322 g/mol. The second-order valence-corrected chi connectivity index (χ2v) is 8.04. The smallest absolute Gasteiger partial charge is 0.234 e. The first kappa shape index (κ1) is 18.3. The number of hydrogen-bond donors (Lipinski definition) is 2. The highest BCUT2D eigenvalue weighted by atomic mass is 32.2. The summed E-state index contributed by atoms with van der Waals surface area (Å²) in [6, 6.07) is 13.1. The molecule has 1 aromatic carbocycles. The molecule has 2 N–H and O–H groups in total. The number of aryl methyl sites for hydroxylation is 1. The van der Waals surface area contributed by atoms with Gasteiger partial charge in [-0.15, -0.1) is 0 Å². The summed E-state index contributed by atoms with van der Waals surface area (Å²) in [4.78, 5) is 4.16. The lowest BCUT2D eigenvalue weighted by Gasteiger charge is -2.10. The van der Waals surface area contributed by atoms with Crippen molar-refractivity contribution in [2.24, 2.45) is 5.92 Å².